The molecule has 27 heavy (non-hydrogen) atoms. The molecule has 144 valence electrons. The molecule has 0 radical (unpaired) electrons. The van der Waals surface area contributed by atoms with Gasteiger partial charge in [0.05, 0.1) is 11.2 Å². The topological polar surface area (TPSA) is 66.5 Å². The van der Waals surface area contributed by atoms with Crippen LogP contribution >= 0.6 is 12.2 Å². The average molecular weight is 384 g/mol. The third-order valence-electron chi connectivity index (χ3n) is 8.15. The standard InChI is InChI=1S/C23H29NO2S/c1-13-6-9-23(26)18-11-16-4-5-17(21(24)27)20(25)19(16)22(23,12-13)8-7-15(18)10-14-2-3-14/h4-5,14-15,18,25-26H,1-3,6-12H2,(H2,24,27)/t15?,18-,22?,23+/m0/s1. The number of rotatable bonds is 3. The summed E-state index contributed by atoms with van der Waals surface area (Å²) >= 11 is 5.17. The highest BCUT2D eigenvalue weighted by atomic mass is 32.1. The Morgan fingerprint density at radius 3 is 2.74 bits per heavy atom. The van der Waals surface area contributed by atoms with Crippen molar-refractivity contribution in [2.75, 3.05) is 0 Å². The van der Waals surface area contributed by atoms with Crippen molar-refractivity contribution in [1.82, 2.24) is 0 Å². The van der Waals surface area contributed by atoms with Crippen LogP contribution in [0.3, 0.4) is 0 Å². The zero-order valence-electron chi connectivity index (χ0n) is 15.8. The van der Waals surface area contributed by atoms with E-state index in [1.54, 1.807) is 0 Å². The van der Waals surface area contributed by atoms with Gasteiger partial charge in [-0.1, -0.05) is 43.3 Å². The van der Waals surface area contributed by atoms with E-state index in [-0.39, 0.29) is 16.7 Å². The van der Waals surface area contributed by atoms with Crippen molar-refractivity contribution in [3.63, 3.8) is 0 Å². The lowest BCUT2D eigenvalue weighted by Gasteiger charge is -2.63. The molecule has 2 bridgehead atoms. The van der Waals surface area contributed by atoms with Gasteiger partial charge in [0.2, 0.25) is 0 Å². The van der Waals surface area contributed by atoms with Crippen LogP contribution in [-0.2, 0) is 11.8 Å². The molecule has 2 unspecified atom stereocenters. The Kier molecular flexibility index (Phi) is 3.80. The molecule has 4 N–H and O–H groups in total. The van der Waals surface area contributed by atoms with Crippen LogP contribution in [0.4, 0.5) is 0 Å². The average Bonchev–Trinajstić information content (AvgIpc) is 3.42. The molecule has 3 fully saturated rings. The summed E-state index contributed by atoms with van der Waals surface area (Å²) in [6.07, 6.45) is 9.28. The molecule has 4 aliphatic rings. The van der Waals surface area contributed by atoms with E-state index in [9.17, 15) is 10.2 Å². The van der Waals surface area contributed by atoms with Crippen LogP contribution in [0, 0.1) is 17.8 Å². The van der Waals surface area contributed by atoms with Crippen molar-refractivity contribution in [1.29, 1.82) is 0 Å². The molecule has 4 aliphatic carbocycles. The lowest BCUT2D eigenvalue weighted by Crippen LogP contribution is -2.66. The van der Waals surface area contributed by atoms with E-state index >= 15 is 0 Å². The molecule has 1 aromatic carbocycles. The highest BCUT2D eigenvalue weighted by molar-refractivity contribution is 7.80. The molecule has 3 nitrogen and oxygen atoms in total. The quantitative estimate of drug-likeness (QED) is 0.543. The highest BCUT2D eigenvalue weighted by Gasteiger charge is 2.65. The Labute approximate surface area is 166 Å². The van der Waals surface area contributed by atoms with Gasteiger partial charge >= 0.3 is 0 Å². The number of thiocarbonyl (C=S) groups is 1. The fourth-order valence-corrected chi connectivity index (χ4v) is 6.91. The summed E-state index contributed by atoms with van der Waals surface area (Å²) in [5.41, 5.74) is 8.50. The predicted molar refractivity (Wildman–Crippen MR) is 111 cm³/mol. The molecule has 0 saturated heterocycles. The number of fused-ring (bicyclic) bond motifs is 1. The van der Waals surface area contributed by atoms with Crippen molar-refractivity contribution in [2.24, 2.45) is 23.5 Å². The lowest BCUT2D eigenvalue weighted by atomic mass is 9.43. The Morgan fingerprint density at radius 1 is 1.26 bits per heavy atom. The van der Waals surface area contributed by atoms with Gasteiger partial charge < -0.3 is 15.9 Å². The summed E-state index contributed by atoms with van der Waals surface area (Å²) in [7, 11) is 0. The molecule has 0 heterocycles. The molecule has 3 saturated carbocycles. The summed E-state index contributed by atoms with van der Waals surface area (Å²) in [6, 6.07) is 3.95. The van der Waals surface area contributed by atoms with E-state index in [0.717, 1.165) is 50.0 Å². The largest absolute Gasteiger partial charge is 0.507 e. The van der Waals surface area contributed by atoms with Crippen LogP contribution in [0.2, 0.25) is 0 Å². The fourth-order valence-electron chi connectivity index (χ4n) is 6.74. The van der Waals surface area contributed by atoms with Crippen LogP contribution in [0.15, 0.2) is 24.3 Å². The van der Waals surface area contributed by atoms with Crippen LogP contribution in [0.25, 0.3) is 0 Å². The zero-order valence-corrected chi connectivity index (χ0v) is 16.7. The molecular weight excluding hydrogens is 354 g/mol. The van der Waals surface area contributed by atoms with Crippen molar-refractivity contribution in [2.45, 2.75) is 68.8 Å². The van der Waals surface area contributed by atoms with Crippen molar-refractivity contribution >= 4 is 17.2 Å². The minimum absolute atomic E-state index is 0.201. The van der Waals surface area contributed by atoms with E-state index in [2.05, 4.69) is 12.6 Å². The zero-order chi connectivity index (χ0) is 19.0. The van der Waals surface area contributed by atoms with Gasteiger partial charge in [0.15, 0.2) is 0 Å². The normalized spacial score (nSPS) is 37.4. The maximum absolute atomic E-state index is 12.2. The lowest BCUT2D eigenvalue weighted by molar-refractivity contribution is -0.159. The summed E-state index contributed by atoms with van der Waals surface area (Å²) in [5, 5.41) is 23.3. The SMILES string of the molecule is C=C1CC[C@@]2(O)[C@H]3Cc4ccc(C(N)=S)c(O)c4C2(CCC3CC2CC2)C1. The maximum Gasteiger partial charge on any atom is 0.129 e. The Morgan fingerprint density at radius 2 is 2.04 bits per heavy atom. The predicted octanol–water partition coefficient (Wildman–Crippen LogP) is 4.12. The first kappa shape index (κ1) is 17.7. The number of phenolic OH excluding ortho intramolecular Hbond substituents is 1. The van der Waals surface area contributed by atoms with Gasteiger partial charge in [0.25, 0.3) is 0 Å². The number of phenols is 1. The number of benzene rings is 1. The molecule has 0 aromatic heterocycles. The third kappa shape index (κ3) is 2.39. The smallest absolute Gasteiger partial charge is 0.129 e. The molecule has 0 spiro atoms. The highest BCUT2D eigenvalue weighted by Crippen LogP contribution is 2.65. The van der Waals surface area contributed by atoms with Crippen LogP contribution < -0.4 is 5.73 Å². The summed E-state index contributed by atoms with van der Waals surface area (Å²) in [4.78, 5) is 0.217. The second-order valence-corrected chi connectivity index (χ2v) is 10.0. The van der Waals surface area contributed by atoms with E-state index in [1.165, 1.54) is 30.4 Å². The molecule has 4 heteroatoms. The number of nitrogens with two attached hydrogens (primary N) is 1. The fraction of sp³-hybridized carbons (Fsp3) is 0.609. The third-order valence-corrected chi connectivity index (χ3v) is 8.37. The molecule has 0 amide bonds. The Bertz CT molecular complexity index is 845. The van der Waals surface area contributed by atoms with Gasteiger partial charge in [0.1, 0.15) is 10.7 Å². The van der Waals surface area contributed by atoms with Gasteiger partial charge in [-0.05, 0) is 74.3 Å². The number of aliphatic hydroxyl groups is 1. The maximum atomic E-state index is 12.2. The summed E-state index contributed by atoms with van der Waals surface area (Å²) < 4.78 is 0. The van der Waals surface area contributed by atoms with Crippen LogP contribution in [0.1, 0.15) is 68.1 Å². The molecule has 0 aliphatic heterocycles. The van der Waals surface area contributed by atoms with E-state index in [0.29, 0.717) is 11.5 Å². The number of hydrogen-bond acceptors (Lipinski definition) is 3. The number of allylic oxidation sites excluding steroid dienone is 1. The van der Waals surface area contributed by atoms with Gasteiger partial charge in [0, 0.05) is 11.0 Å². The Hall–Kier alpha value is -1.39. The summed E-state index contributed by atoms with van der Waals surface area (Å²) in [6.45, 7) is 4.27. The van der Waals surface area contributed by atoms with E-state index in [1.807, 2.05) is 6.07 Å². The molecule has 5 rings (SSSR count). The second kappa shape index (κ2) is 5.81. The number of aromatic hydroxyl groups is 1. The Balaban J connectivity index is 1.70. The van der Waals surface area contributed by atoms with Gasteiger partial charge in [-0.25, -0.2) is 0 Å². The molecule has 4 atom stereocenters. The van der Waals surface area contributed by atoms with Crippen molar-refractivity contribution < 1.29 is 10.2 Å². The second-order valence-electron chi connectivity index (χ2n) is 9.58. The first-order valence-corrected chi connectivity index (χ1v) is 10.8. The minimum atomic E-state index is -0.759. The van der Waals surface area contributed by atoms with Crippen LogP contribution in [0.5, 0.6) is 5.75 Å². The van der Waals surface area contributed by atoms with Crippen molar-refractivity contribution in [3.8, 4) is 5.75 Å². The molecule has 1 aromatic rings. The molecular formula is C23H29NO2S. The summed E-state index contributed by atoms with van der Waals surface area (Å²) in [5.74, 6) is 1.94. The number of hydrogen-bond donors (Lipinski definition) is 3. The minimum Gasteiger partial charge on any atom is -0.507 e. The first-order chi connectivity index (χ1) is 12.9. The van der Waals surface area contributed by atoms with E-state index < -0.39 is 11.0 Å². The first-order valence-electron chi connectivity index (χ1n) is 10.4. The van der Waals surface area contributed by atoms with Gasteiger partial charge in [-0.3, -0.25) is 0 Å². The van der Waals surface area contributed by atoms with Crippen LogP contribution in [-0.4, -0.2) is 20.8 Å². The monoisotopic (exact) mass is 383 g/mol. The van der Waals surface area contributed by atoms with Gasteiger partial charge in [-0.15, -0.1) is 0 Å². The van der Waals surface area contributed by atoms with Crippen molar-refractivity contribution in [3.05, 3.63) is 41.0 Å². The van der Waals surface area contributed by atoms with E-state index in [4.69, 9.17) is 18.0 Å². The van der Waals surface area contributed by atoms with Gasteiger partial charge in [-0.2, -0.15) is 0 Å².